The highest BCUT2D eigenvalue weighted by atomic mass is 15.2. The third kappa shape index (κ3) is 3.73. The molecule has 0 atom stereocenters. The van der Waals surface area contributed by atoms with Gasteiger partial charge in [-0.1, -0.05) is 84.9 Å². The number of benzene rings is 6. The standard InChI is InChI=1S/C44H28N6/c1-3-11-31(12-4-1)47-25-23-29-19-21-37-41(43(29)47)33-15-7-9-17-35(33)49(37)39-27-45-28-40(46-39)50-36-18-10-8-16-34(36)42-38(50)22-20-30-24-26-48(44(30)42)32-13-5-2-6-14-32/h1-28H. The molecule has 0 saturated heterocycles. The molecule has 0 radical (unpaired) electrons. The van der Waals surface area contributed by atoms with Gasteiger partial charge in [0.15, 0.2) is 11.6 Å². The molecule has 0 spiro atoms. The number of nitrogens with zero attached hydrogens (tertiary/aromatic N) is 6. The molecule has 6 nitrogen and oxygen atoms in total. The molecule has 11 aromatic rings. The topological polar surface area (TPSA) is 45.5 Å². The van der Waals surface area contributed by atoms with Gasteiger partial charge in [0.05, 0.1) is 45.5 Å². The Morgan fingerprint density at radius 3 is 1.30 bits per heavy atom. The molecule has 0 bridgehead atoms. The average molecular weight is 641 g/mol. The maximum Gasteiger partial charge on any atom is 0.158 e. The predicted octanol–water partition coefficient (Wildman–Crippen LogP) is 10.6. The molecule has 234 valence electrons. The Morgan fingerprint density at radius 2 is 0.820 bits per heavy atom. The van der Waals surface area contributed by atoms with E-state index in [2.05, 4.69) is 176 Å². The third-order valence-corrected chi connectivity index (χ3v) is 10.1. The van der Waals surface area contributed by atoms with Gasteiger partial charge in [-0.2, -0.15) is 0 Å². The van der Waals surface area contributed by atoms with Crippen LogP contribution in [0.25, 0.3) is 88.4 Å². The van der Waals surface area contributed by atoms with Gasteiger partial charge in [-0.25, -0.2) is 4.98 Å². The summed E-state index contributed by atoms with van der Waals surface area (Å²) in [5.41, 5.74) is 8.98. The van der Waals surface area contributed by atoms with E-state index in [4.69, 9.17) is 9.97 Å². The molecule has 0 amide bonds. The SMILES string of the molecule is c1ccc(-n2ccc3ccc4c(c5ccccc5n4-c4cncc(-n5c6ccccc6c6c7c(ccc65)ccn7-c5ccccc5)n4)c32)cc1. The van der Waals surface area contributed by atoms with Crippen LogP contribution in [0.3, 0.4) is 0 Å². The van der Waals surface area contributed by atoms with Crippen LogP contribution in [0.2, 0.25) is 0 Å². The first kappa shape index (κ1) is 27.1. The summed E-state index contributed by atoms with van der Waals surface area (Å²) in [5, 5.41) is 7.14. The van der Waals surface area contributed by atoms with Crippen molar-refractivity contribution in [1.82, 2.24) is 28.2 Å². The molecular formula is C44H28N6. The minimum atomic E-state index is 0.769. The first-order valence-corrected chi connectivity index (χ1v) is 16.8. The Bertz CT molecular complexity index is 2880. The lowest BCUT2D eigenvalue weighted by atomic mass is 10.1. The molecule has 11 rings (SSSR count). The maximum absolute atomic E-state index is 5.40. The normalized spacial score (nSPS) is 12.0. The summed E-state index contributed by atoms with van der Waals surface area (Å²) in [7, 11) is 0. The molecule has 0 aliphatic rings. The van der Waals surface area contributed by atoms with Crippen molar-refractivity contribution in [3.05, 3.63) is 170 Å². The second-order valence-electron chi connectivity index (χ2n) is 12.8. The van der Waals surface area contributed by atoms with Gasteiger partial charge in [0.2, 0.25) is 0 Å². The van der Waals surface area contributed by atoms with Crippen LogP contribution >= 0.6 is 0 Å². The molecule has 0 fully saturated rings. The molecule has 0 aliphatic carbocycles. The highest BCUT2D eigenvalue weighted by molar-refractivity contribution is 6.22. The van der Waals surface area contributed by atoms with Gasteiger partial charge in [-0.15, -0.1) is 0 Å². The highest BCUT2D eigenvalue weighted by Crippen LogP contribution is 2.40. The van der Waals surface area contributed by atoms with E-state index in [1.54, 1.807) is 0 Å². The Morgan fingerprint density at radius 1 is 0.380 bits per heavy atom. The van der Waals surface area contributed by atoms with E-state index in [0.717, 1.165) is 45.1 Å². The van der Waals surface area contributed by atoms with Crippen LogP contribution in [0.15, 0.2) is 170 Å². The number of aromatic nitrogens is 6. The summed E-state index contributed by atoms with van der Waals surface area (Å²) in [4.78, 5) is 10.2. The van der Waals surface area contributed by atoms with E-state index < -0.39 is 0 Å². The number of hydrogen-bond donors (Lipinski definition) is 0. The molecule has 50 heavy (non-hydrogen) atoms. The molecule has 5 aromatic heterocycles. The summed E-state index contributed by atoms with van der Waals surface area (Å²) < 4.78 is 9.10. The Kier molecular flexibility index (Phi) is 5.57. The zero-order valence-electron chi connectivity index (χ0n) is 26.8. The second-order valence-corrected chi connectivity index (χ2v) is 12.8. The van der Waals surface area contributed by atoms with Crippen molar-refractivity contribution in [2.24, 2.45) is 0 Å². The van der Waals surface area contributed by atoms with Crippen LogP contribution < -0.4 is 0 Å². The average Bonchev–Trinajstić information content (AvgIpc) is 3.96. The molecule has 6 aromatic carbocycles. The highest BCUT2D eigenvalue weighted by Gasteiger charge is 2.21. The number of rotatable bonds is 4. The molecule has 5 heterocycles. The fourth-order valence-corrected chi connectivity index (χ4v) is 8.03. The van der Waals surface area contributed by atoms with E-state index in [9.17, 15) is 0 Å². The van der Waals surface area contributed by atoms with E-state index in [0.29, 0.717) is 0 Å². The smallest absolute Gasteiger partial charge is 0.158 e. The first-order valence-electron chi connectivity index (χ1n) is 16.8. The van der Waals surface area contributed by atoms with E-state index in [1.807, 2.05) is 12.4 Å². The molecular weight excluding hydrogens is 613 g/mol. The van der Waals surface area contributed by atoms with Crippen molar-refractivity contribution >= 4 is 65.4 Å². The molecule has 0 unspecified atom stereocenters. The van der Waals surface area contributed by atoms with Crippen LogP contribution in [0.4, 0.5) is 0 Å². The Labute approximate surface area is 286 Å². The van der Waals surface area contributed by atoms with Gasteiger partial charge >= 0.3 is 0 Å². The maximum atomic E-state index is 5.40. The molecule has 0 saturated carbocycles. The lowest BCUT2D eigenvalue weighted by Gasteiger charge is -2.11. The van der Waals surface area contributed by atoms with Gasteiger partial charge in [0.1, 0.15) is 0 Å². The summed E-state index contributed by atoms with van der Waals surface area (Å²) in [6.07, 6.45) is 8.09. The third-order valence-electron chi connectivity index (χ3n) is 10.1. The fraction of sp³-hybridized carbons (Fsp3) is 0. The zero-order chi connectivity index (χ0) is 32.8. The Hall–Kier alpha value is -6.92. The number of fused-ring (bicyclic) bond motifs is 10. The summed E-state index contributed by atoms with van der Waals surface area (Å²) in [5.74, 6) is 1.54. The molecule has 0 N–H and O–H groups in total. The molecule has 0 aliphatic heterocycles. The van der Waals surface area contributed by atoms with Gasteiger partial charge < -0.3 is 9.13 Å². The van der Waals surface area contributed by atoms with Crippen LogP contribution in [-0.2, 0) is 0 Å². The van der Waals surface area contributed by atoms with E-state index in [1.165, 1.54) is 43.4 Å². The Balaban J connectivity index is 1.19. The van der Waals surface area contributed by atoms with Crippen molar-refractivity contribution in [2.45, 2.75) is 0 Å². The fourth-order valence-electron chi connectivity index (χ4n) is 8.03. The minimum absolute atomic E-state index is 0.769. The van der Waals surface area contributed by atoms with Crippen molar-refractivity contribution in [3.63, 3.8) is 0 Å². The van der Waals surface area contributed by atoms with Crippen molar-refractivity contribution in [2.75, 3.05) is 0 Å². The summed E-state index contributed by atoms with van der Waals surface area (Å²) in [6.45, 7) is 0. The van der Waals surface area contributed by atoms with Gasteiger partial charge in [0.25, 0.3) is 0 Å². The van der Waals surface area contributed by atoms with E-state index in [-0.39, 0.29) is 0 Å². The monoisotopic (exact) mass is 640 g/mol. The van der Waals surface area contributed by atoms with E-state index >= 15 is 0 Å². The second kappa shape index (κ2) is 10.3. The van der Waals surface area contributed by atoms with Gasteiger partial charge in [0, 0.05) is 56.1 Å². The van der Waals surface area contributed by atoms with Crippen LogP contribution in [0.1, 0.15) is 0 Å². The van der Waals surface area contributed by atoms with Crippen molar-refractivity contribution < 1.29 is 0 Å². The summed E-state index contributed by atoms with van der Waals surface area (Å²) >= 11 is 0. The minimum Gasteiger partial charge on any atom is -0.316 e. The van der Waals surface area contributed by atoms with Gasteiger partial charge in [-0.05, 0) is 60.7 Å². The van der Waals surface area contributed by atoms with Crippen molar-refractivity contribution in [3.8, 4) is 23.0 Å². The first-order chi connectivity index (χ1) is 24.8. The largest absolute Gasteiger partial charge is 0.316 e. The quantitative estimate of drug-likeness (QED) is 0.192. The number of para-hydroxylation sites is 4. The zero-order valence-corrected chi connectivity index (χ0v) is 26.8. The molecule has 6 heteroatoms. The van der Waals surface area contributed by atoms with Crippen LogP contribution in [-0.4, -0.2) is 28.2 Å². The number of hydrogen-bond acceptors (Lipinski definition) is 2. The van der Waals surface area contributed by atoms with Crippen LogP contribution in [0, 0.1) is 0 Å². The lowest BCUT2D eigenvalue weighted by Crippen LogP contribution is -2.04. The predicted molar refractivity (Wildman–Crippen MR) is 204 cm³/mol. The summed E-state index contributed by atoms with van der Waals surface area (Å²) in [6, 6.07) is 51.6. The lowest BCUT2D eigenvalue weighted by molar-refractivity contribution is 0.979. The van der Waals surface area contributed by atoms with Crippen molar-refractivity contribution in [1.29, 1.82) is 0 Å². The van der Waals surface area contributed by atoms with Gasteiger partial charge in [-0.3, -0.25) is 14.1 Å². The van der Waals surface area contributed by atoms with Crippen LogP contribution in [0.5, 0.6) is 0 Å².